The van der Waals surface area contributed by atoms with Crippen LogP contribution in [0.25, 0.3) is 11.2 Å². The quantitative estimate of drug-likeness (QED) is 0.217. The molecule has 3 heterocycles. The van der Waals surface area contributed by atoms with Crippen LogP contribution in [0.3, 0.4) is 0 Å². The predicted molar refractivity (Wildman–Crippen MR) is 102 cm³/mol. The van der Waals surface area contributed by atoms with Gasteiger partial charge in [-0.2, -0.15) is 8.62 Å². The summed E-state index contributed by atoms with van der Waals surface area (Å²) in [4.78, 5) is 57.8. The third-order valence-electron chi connectivity index (χ3n) is 4.41. The molecule has 0 bridgehead atoms. The van der Waals surface area contributed by atoms with Gasteiger partial charge in [0.1, 0.15) is 18.6 Å². The van der Waals surface area contributed by atoms with E-state index in [1.54, 1.807) is 0 Å². The second kappa shape index (κ2) is 9.20. The van der Waals surface area contributed by atoms with Crippen molar-refractivity contribution < 1.29 is 65.0 Å². The van der Waals surface area contributed by atoms with Crippen LogP contribution in [0.1, 0.15) is 12.1 Å². The van der Waals surface area contributed by atoms with E-state index >= 15 is 0 Å². The fraction of sp³-hybridized carbons (Fsp3) is 0.583. The van der Waals surface area contributed by atoms with E-state index in [1.165, 1.54) is 6.92 Å². The molecule has 6 atom stereocenters. The Bertz CT molecular complexity index is 1280. The Morgan fingerprint density at radius 2 is 1.88 bits per heavy atom. The highest BCUT2D eigenvalue weighted by Crippen LogP contribution is 2.66. The summed E-state index contributed by atoms with van der Waals surface area (Å²) in [5.41, 5.74) is -3.78. The normalized spacial score (nSPS) is 29.2. The summed E-state index contributed by atoms with van der Waals surface area (Å²) in [6, 6.07) is 0. The number of aliphatic hydroxyl groups is 1. The maximum absolute atomic E-state index is 14.9. The molecule has 3 rings (SSSR count). The standard InChI is InChI=1S/C12H17F2N4O13P3/c1-5-16-9-7(10(20)17-5)15-4-18(9)11-6(14)8(19)12(2-13,29-11)3-28-33(24,25)31-34(26,27)30-32(21,22)23/h4,6,8,11,19H,2-3H2,1H3,(H,24,25)(H,26,27)(H,16,17,20)(H2,21,22,23)/t6-,8+,11-,12-/m1/s1. The second-order valence-corrected chi connectivity index (χ2v) is 11.4. The first kappa shape index (κ1) is 27.1. The van der Waals surface area contributed by atoms with Crippen molar-refractivity contribution in [2.24, 2.45) is 0 Å². The molecule has 34 heavy (non-hydrogen) atoms. The van der Waals surface area contributed by atoms with E-state index in [4.69, 9.17) is 19.4 Å². The number of aromatic nitrogens is 4. The Morgan fingerprint density at radius 1 is 1.24 bits per heavy atom. The van der Waals surface area contributed by atoms with Crippen molar-refractivity contribution in [2.45, 2.75) is 31.0 Å². The first-order chi connectivity index (χ1) is 15.5. The summed E-state index contributed by atoms with van der Waals surface area (Å²) < 4.78 is 80.2. The van der Waals surface area contributed by atoms with Crippen molar-refractivity contribution >= 4 is 34.6 Å². The number of nitrogens with zero attached hydrogens (tertiary/aromatic N) is 3. The first-order valence-corrected chi connectivity index (χ1v) is 13.3. The minimum Gasteiger partial charge on any atom is -0.387 e. The highest BCUT2D eigenvalue weighted by Gasteiger charge is 2.58. The van der Waals surface area contributed by atoms with Crippen LogP contribution in [-0.2, 0) is 31.6 Å². The largest absolute Gasteiger partial charge is 0.490 e. The number of nitrogens with one attached hydrogen (secondary N) is 1. The van der Waals surface area contributed by atoms with Gasteiger partial charge >= 0.3 is 23.5 Å². The molecule has 0 spiro atoms. The number of phosphoric ester groups is 1. The summed E-state index contributed by atoms with van der Waals surface area (Å²) in [5, 5.41) is 10.3. The number of aryl methyl sites for hydroxylation is 1. The summed E-state index contributed by atoms with van der Waals surface area (Å²) in [6.45, 7) is -1.77. The highest BCUT2D eigenvalue weighted by molar-refractivity contribution is 7.66. The van der Waals surface area contributed by atoms with E-state index in [9.17, 15) is 37.3 Å². The van der Waals surface area contributed by atoms with Crippen molar-refractivity contribution in [3.8, 4) is 0 Å². The number of H-pyrrole nitrogens is 1. The van der Waals surface area contributed by atoms with Gasteiger partial charge in [0.15, 0.2) is 29.2 Å². The average molecular weight is 556 g/mol. The maximum Gasteiger partial charge on any atom is 0.490 e. The van der Waals surface area contributed by atoms with Crippen molar-refractivity contribution in [3.63, 3.8) is 0 Å². The Labute approximate surface area is 186 Å². The molecule has 0 radical (unpaired) electrons. The fourth-order valence-electron chi connectivity index (χ4n) is 3.02. The van der Waals surface area contributed by atoms with Crippen LogP contribution in [0.5, 0.6) is 0 Å². The molecule has 1 fully saturated rings. The van der Waals surface area contributed by atoms with Crippen LogP contribution < -0.4 is 5.56 Å². The summed E-state index contributed by atoms with van der Waals surface area (Å²) in [6.07, 6.45) is -5.70. The zero-order chi connectivity index (χ0) is 25.7. The van der Waals surface area contributed by atoms with E-state index < -0.39 is 66.4 Å². The minimum absolute atomic E-state index is 0.109. The molecule has 22 heteroatoms. The van der Waals surface area contributed by atoms with Crippen LogP contribution in [0, 0.1) is 6.92 Å². The number of imidazole rings is 1. The molecular weight excluding hydrogens is 539 g/mol. The molecular formula is C12H17F2N4O13P3. The van der Waals surface area contributed by atoms with Gasteiger partial charge in [-0.1, -0.05) is 0 Å². The highest BCUT2D eigenvalue weighted by atomic mass is 31.3. The Balaban J connectivity index is 1.83. The summed E-state index contributed by atoms with van der Waals surface area (Å²) in [5.74, 6) is 0.109. The van der Waals surface area contributed by atoms with Gasteiger partial charge in [0.2, 0.25) is 0 Å². The molecule has 2 aromatic heterocycles. The average Bonchev–Trinajstić information content (AvgIpc) is 3.18. The fourth-order valence-corrected chi connectivity index (χ4v) is 6.09. The molecule has 2 unspecified atom stereocenters. The first-order valence-electron chi connectivity index (χ1n) is 8.77. The summed E-state index contributed by atoms with van der Waals surface area (Å²) in [7, 11) is -17.2. The summed E-state index contributed by atoms with van der Waals surface area (Å²) >= 11 is 0. The molecule has 17 nitrogen and oxygen atoms in total. The Hall–Kier alpha value is -1.46. The van der Waals surface area contributed by atoms with Crippen LogP contribution in [0.2, 0.25) is 0 Å². The van der Waals surface area contributed by atoms with Gasteiger partial charge in [-0.3, -0.25) is 13.9 Å². The number of halogens is 2. The number of hydrogen-bond acceptors (Lipinski definition) is 11. The molecule has 1 saturated heterocycles. The van der Waals surface area contributed by atoms with Gasteiger partial charge in [-0.15, -0.1) is 0 Å². The smallest absolute Gasteiger partial charge is 0.387 e. The van der Waals surface area contributed by atoms with Gasteiger partial charge in [-0.25, -0.2) is 32.4 Å². The van der Waals surface area contributed by atoms with Crippen molar-refractivity contribution in [2.75, 3.05) is 13.3 Å². The zero-order valence-electron chi connectivity index (χ0n) is 16.7. The Kier molecular flexibility index (Phi) is 7.34. The maximum atomic E-state index is 14.9. The number of alkyl halides is 2. The molecule has 0 aliphatic carbocycles. The second-order valence-electron chi connectivity index (χ2n) is 6.94. The van der Waals surface area contributed by atoms with Crippen molar-refractivity contribution in [1.29, 1.82) is 0 Å². The van der Waals surface area contributed by atoms with Gasteiger partial charge in [0.25, 0.3) is 5.56 Å². The third-order valence-corrected chi connectivity index (χ3v) is 8.19. The van der Waals surface area contributed by atoms with Crippen molar-refractivity contribution in [1.82, 2.24) is 19.5 Å². The lowest BCUT2D eigenvalue weighted by Crippen LogP contribution is -2.48. The lowest BCUT2D eigenvalue weighted by atomic mass is 9.98. The van der Waals surface area contributed by atoms with Crippen LogP contribution >= 0.6 is 23.5 Å². The Morgan fingerprint density at radius 3 is 2.47 bits per heavy atom. The molecule has 1 aliphatic rings. The van der Waals surface area contributed by atoms with Crippen LogP contribution in [-0.4, -0.2) is 75.4 Å². The monoisotopic (exact) mass is 556 g/mol. The van der Waals surface area contributed by atoms with Gasteiger partial charge < -0.3 is 34.4 Å². The van der Waals surface area contributed by atoms with E-state index in [0.29, 0.717) is 0 Å². The van der Waals surface area contributed by atoms with E-state index in [0.717, 1.165) is 10.9 Å². The predicted octanol–water partition coefficient (Wildman–Crippen LogP) is -0.293. The molecule has 192 valence electrons. The van der Waals surface area contributed by atoms with Gasteiger partial charge in [0, 0.05) is 0 Å². The van der Waals surface area contributed by atoms with Gasteiger partial charge in [0.05, 0.1) is 12.9 Å². The number of ether oxygens (including phenoxy) is 1. The van der Waals surface area contributed by atoms with Crippen LogP contribution in [0.15, 0.2) is 11.1 Å². The van der Waals surface area contributed by atoms with Crippen LogP contribution in [0.4, 0.5) is 8.78 Å². The zero-order valence-corrected chi connectivity index (χ0v) is 19.3. The third kappa shape index (κ3) is 5.67. The number of aliphatic hydroxyl groups excluding tert-OH is 1. The number of phosphoric acid groups is 3. The molecule has 0 amide bonds. The van der Waals surface area contributed by atoms with E-state index in [2.05, 4.69) is 28.1 Å². The van der Waals surface area contributed by atoms with Gasteiger partial charge in [-0.05, 0) is 6.92 Å². The number of aromatic amines is 1. The molecule has 1 aliphatic heterocycles. The number of fused-ring (bicyclic) bond motifs is 1. The minimum atomic E-state index is -5.87. The SMILES string of the molecule is Cc1nc2c(ncn2[C@@H]2O[C@](CF)(COP(=O)(O)OP(=O)(O)OP(=O)(O)O)[C@@H](O)[C@H]2F)c(=O)[nH]1. The van der Waals surface area contributed by atoms with E-state index in [1.807, 2.05) is 0 Å². The molecule has 6 N–H and O–H groups in total. The topological polar surface area (TPSA) is 253 Å². The number of hydrogen-bond donors (Lipinski definition) is 6. The van der Waals surface area contributed by atoms with E-state index in [-0.39, 0.29) is 17.0 Å². The molecule has 0 saturated carbocycles. The molecule has 2 aromatic rings. The molecule has 0 aromatic carbocycles. The number of rotatable bonds is 9. The lowest BCUT2D eigenvalue weighted by molar-refractivity contribution is -0.134. The van der Waals surface area contributed by atoms with Crippen molar-refractivity contribution in [3.05, 3.63) is 22.5 Å². The lowest BCUT2D eigenvalue weighted by Gasteiger charge is -2.29.